The van der Waals surface area contributed by atoms with Gasteiger partial charge >= 0.3 is 0 Å². The van der Waals surface area contributed by atoms with E-state index in [0.717, 1.165) is 11.1 Å². The van der Waals surface area contributed by atoms with Crippen LogP contribution in [0.5, 0.6) is 0 Å². The van der Waals surface area contributed by atoms with E-state index in [1.54, 1.807) is 17.9 Å². The maximum atomic E-state index is 12.2. The van der Waals surface area contributed by atoms with Gasteiger partial charge in [0.15, 0.2) is 0 Å². The molecule has 0 radical (unpaired) electrons. The molecule has 5 nitrogen and oxygen atoms in total. The predicted molar refractivity (Wildman–Crippen MR) is 80.2 cm³/mol. The van der Waals surface area contributed by atoms with Gasteiger partial charge in [-0.1, -0.05) is 6.07 Å². The SMILES string of the molecule is Cc1ccc(C(=O)N[C@@H](C)C(=O)N2CCOCC2)cc1C. The fourth-order valence-electron chi connectivity index (χ4n) is 2.28. The molecule has 1 heterocycles. The van der Waals surface area contributed by atoms with E-state index in [1.165, 1.54) is 0 Å². The van der Waals surface area contributed by atoms with Gasteiger partial charge in [0.2, 0.25) is 5.91 Å². The van der Waals surface area contributed by atoms with Crippen LogP contribution in [-0.4, -0.2) is 49.1 Å². The average Bonchev–Trinajstić information content (AvgIpc) is 2.50. The smallest absolute Gasteiger partial charge is 0.251 e. The number of benzene rings is 1. The second-order valence-corrected chi connectivity index (χ2v) is 5.43. The van der Waals surface area contributed by atoms with Crippen LogP contribution in [0, 0.1) is 13.8 Å². The minimum Gasteiger partial charge on any atom is -0.378 e. The van der Waals surface area contributed by atoms with E-state index in [0.29, 0.717) is 31.9 Å². The van der Waals surface area contributed by atoms with Crippen molar-refractivity contribution in [2.75, 3.05) is 26.3 Å². The zero-order valence-corrected chi connectivity index (χ0v) is 12.8. The molecule has 1 fully saturated rings. The molecular weight excluding hydrogens is 268 g/mol. The lowest BCUT2D eigenvalue weighted by molar-refractivity contribution is -0.136. The normalized spacial score (nSPS) is 16.4. The third kappa shape index (κ3) is 3.82. The summed E-state index contributed by atoms with van der Waals surface area (Å²) in [7, 11) is 0. The number of amides is 2. The van der Waals surface area contributed by atoms with Crippen molar-refractivity contribution in [2.45, 2.75) is 26.8 Å². The van der Waals surface area contributed by atoms with Gasteiger partial charge in [0.05, 0.1) is 13.2 Å². The third-order valence-electron chi connectivity index (χ3n) is 3.81. The number of rotatable bonds is 3. The largest absolute Gasteiger partial charge is 0.378 e. The van der Waals surface area contributed by atoms with Crippen molar-refractivity contribution in [2.24, 2.45) is 0 Å². The van der Waals surface area contributed by atoms with E-state index in [-0.39, 0.29) is 11.8 Å². The van der Waals surface area contributed by atoms with Crippen molar-refractivity contribution in [3.05, 3.63) is 34.9 Å². The minimum absolute atomic E-state index is 0.0597. The molecule has 2 amide bonds. The molecule has 114 valence electrons. The standard InChI is InChI=1S/C16H22N2O3/c1-11-4-5-14(10-12(11)2)15(19)17-13(3)16(20)18-6-8-21-9-7-18/h4-5,10,13H,6-9H2,1-3H3,(H,17,19)/t13-/m0/s1. The van der Waals surface area contributed by atoms with Crippen LogP contribution in [0.2, 0.25) is 0 Å². The van der Waals surface area contributed by atoms with Gasteiger partial charge < -0.3 is 15.0 Å². The van der Waals surface area contributed by atoms with E-state index in [2.05, 4.69) is 5.32 Å². The molecule has 5 heteroatoms. The second kappa shape index (κ2) is 6.72. The number of morpholine rings is 1. The lowest BCUT2D eigenvalue weighted by Crippen LogP contribution is -2.50. The summed E-state index contributed by atoms with van der Waals surface area (Å²) >= 11 is 0. The van der Waals surface area contributed by atoms with E-state index in [4.69, 9.17) is 4.74 Å². The van der Waals surface area contributed by atoms with Crippen LogP contribution in [0.3, 0.4) is 0 Å². The summed E-state index contributed by atoms with van der Waals surface area (Å²) in [5, 5.41) is 2.77. The Morgan fingerprint density at radius 3 is 2.48 bits per heavy atom. The highest BCUT2D eigenvalue weighted by Crippen LogP contribution is 2.10. The Kier molecular flexibility index (Phi) is 4.96. The number of hydrogen-bond acceptors (Lipinski definition) is 3. The maximum absolute atomic E-state index is 12.2. The van der Waals surface area contributed by atoms with Crippen LogP contribution in [0.15, 0.2) is 18.2 Å². The van der Waals surface area contributed by atoms with Crippen molar-refractivity contribution in [3.8, 4) is 0 Å². The molecule has 0 bridgehead atoms. The number of carbonyl (C=O) groups excluding carboxylic acids is 2. The molecule has 1 saturated heterocycles. The van der Waals surface area contributed by atoms with E-state index in [1.807, 2.05) is 26.0 Å². The van der Waals surface area contributed by atoms with Crippen molar-refractivity contribution in [1.29, 1.82) is 0 Å². The highest BCUT2D eigenvalue weighted by Gasteiger charge is 2.24. The van der Waals surface area contributed by atoms with Crippen LogP contribution < -0.4 is 5.32 Å². The molecule has 0 saturated carbocycles. The summed E-state index contributed by atoms with van der Waals surface area (Å²) in [6, 6.07) is 5.01. The lowest BCUT2D eigenvalue weighted by atomic mass is 10.1. The zero-order valence-electron chi connectivity index (χ0n) is 12.8. The fourth-order valence-corrected chi connectivity index (χ4v) is 2.28. The fraction of sp³-hybridized carbons (Fsp3) is 0.500. The molecule has 0 spiro atoms. The van der Waals surface area contributed by atoms with E-state index < -0.39 is 6.04 Å². The first-order valence-electron chi connectivity index (χ1n) is 7.23. The molecule has 0 aliphatic carbocycles. The van der Waals surface area contributed by atoms with Crippen LogP contribution in [-0.2, 0) is 9.53 Å². The Morgan fingerprint density at radius 1 is 1.19 bits per heavy atom. The van der Waals surface area contributed by atoms with Gasteiger partial charge in [0.1, 0.15) is 6.04 Å². The van der Waals surface area contributed by atoms with Crippen molar-refractivity contribution in [3.63, 3.8) is 0 Å². The van der Waals surface area contributed by atoms with E-state index in [9.17, 15) is 9.59 Å². The molecule has 21 heavy (non-hydrogen) atoms. The summed E-state index contributed by atoms with van der Waals surface area (Å²) in [5.41, 5.74) is 2.79. The first-order chi connectivity index (χ1) is 9.99. The molecule has 1 aliphatic rings. The van der Waals surface area contributed by atoms with Crippen LogP contribution >= 0.6 is 0 Å². The van der Waals surface area contributed by atoms with Gasteiger partial charge in [-0.2, -0.15) is 0 Å². The van der Waals surface area contributed by atoms with Gasteiger partial charge in [-0.05, 0) is 44.0 Å². The first kappa shape index (κ1) is 15.5. The molecule has 1 N–H and O–H groups in total. The van der Waals surface area contributed by atoms with Crippen LogP contribution in [0.4, 0.5) is 0 Å². The molecule has 0 unspecified atom stereocenters. The summed E-state index contributed by atoms with van der Waals surface area (Å²) < 4.78 is 5.22. The maximum Gasteiger partial charge on any atom is 0.251 e. The van der Waals surface area contributed by atoms with Crippen molar-refractivity contribution < 1.29 is 14.3 Å². The monoisotopic (exact) mass is 290 g/mol. The molecule has 1 atom stereocenters. The number of ether oxygens (including phenoxy) is 1. The minimum atomic E-state index is -0.530. The summed E-state index contributed by atoms with van der Waals surface area (Å²) in [5.74, 6) is -0.275. The second-order valence-electron chi connectivity index (χ2n) is 5.43. The Morgan fingerprint density at radius 2 is 1.86 bits per heavy atom. The van der Waals surface area contributed by atoms with Crippen molar-refractivity contribution >= 4 is 11.8 Å². The number of nitrogens with zero attached hydrogens (tertiary/aromatic N) is 1. The zero-order chi connectivity index (χ0) is 15.4. The summed E-state index contributed by atoms with van der Waals surface area (Å²) in [6.07, 6.45) is 0. The van der Waals surface area contributed by atoms with Gasteiger partial charge in [-0.25, -0.2) is 0 Å². The van der Waals surface area contributed by atoms with Gasteiger partial charge in [-0.15, -0.1) is 0 Å². The third-order valence-corrected chi connectivity index (χ3v) is 3.81. The number of carbonyl (C=O) groups is 2. The Bertz CT molecular complexity index is 536. The van der Waals surface area contributed by atoms with E-state index >= 15 is 0 Å². The Hall–Kier alpha value is -1.88. The Labute approximate surface area is 125 Å². The van der Waals surface area contributed by atoms with Gasteiger partial charge in [0, 0.05) is 18.7 Å². The number of nitrogens with one attached hydrogen (secondary N) is 1. The highest BCUT2D eigenvalue weighted by atomic mass is 16.5. The number of hydrogen-bond donors (Lipinski definition) is 1. The molecule has 1 aliphatic heterocycles. The molecular formula is C16H22N2O3. The van der Waals surface area contributed by atoms with Crippen LogP contribution in [0.1, 0.15) is 28.4 Å². The van der Waals surface area contributed by atoms with Crippen molar-refractivity contribution in [1.82, 2.24) is 10.2 Å². The van der Waals surface area contributed by atoms with Gasteiger partial charge in [-0.3, -0.25) is 9.59 Å². The highest BCUT2D eigenvalue weighted by molar-refractivity contribution is 5.97. The first-order valence-corrected chi connectivity index (χ1v) is 7.23. The molecule has 2 rings (SSSR count). The van der Waals surface area contributed by atoms with Crippen LogP contribution in [0.25, 0.3) is 0 Å². The Balaban J connectivity index is 1.97. The lowest BCUT2D eigenvalue weighted by Gasteiger charge is -2.29. The molecule has 1 aromatic rings. The molecule has 0 aromatic heterocycles. The summed E-state index contributed by atoms with van der Waals surface area (Å²) in [4.78, 5) is 26.2. The number of aryl methyl sites for hydroxylation is 2. The molecule has 1 aromatic carbocycles. The van der Waals surface area contributed by atoms with Gasteiger partial charge in [0.25, 0.3) is 5.91 Å². The quantitative estimate of drug-likeness (QED) is 0.912. The topological polar surface area (TPSA) is 58.6 Å². The summed E-state index contributed by atoms with van der Waals surface area (Å²) in [6.45, 7) is 7.98. The predicted octanol–water partition coefficient (Wildman–Crippen LogP) is 1.28. The average molecular weight is 290 g/mol.